The molecule has 6 heteroatoms. The monoisotopic (exact) mass is 325 g/mol. The first-order valence-corrected chi connectivity index (χ1v) is 7.05. The molecule has 102 valence electrons. The first kappa shape index (κ1) is 14.0. The lowest BCUT2D eigenvalue weighted by molar-refractivity contribution is -0.138. The number of nitrogens with one attached hydrogen (secondary N) is 1. The summed E-state index contributed by atoms with van der Waals surface area (Å²) in [6.45, 7) is 4.38. The van der Waals surface area contributed by atoms with Crippen LogP contribution in [-0.4, -0.2) is 34.3 Å². The Balaban J connectivity index is 2.09. The van der Waals surface area contributed by atoms with Crippen molar-refractivity contribution in [3.63, 3.8) is 0 Å². The van der Waals surface area contributed by atoms with Crippen LogP contribution in [0.1, 0.15) is 25.3 Å². The Morgan fingerprint density at radius 1 is 1.53 bits per heavy atom. The highest BCUT2D eigenvalue weighted by Gasteiger charge is 2.38. The van der Waals surface area contributed by atoms with E-state index in [9.17, 15) is 9.59 Å². The Labute approximate surface area is 120 Å². The van der Waals surface area contributed by atoms with Gasteiger partial charge in [0.25, 0.3) is 5.91 Å². The second-order valence-corrected chi connectivity index (χ2v) is 5.46. The number of nitrogens with zero attached hydrogens (tertiary/aromatic N) is 2. The molecule has 1 aromatic heterocycles. The largest absolute Gasteiger partial charge is 0.358 e. The fourth-order valence-electron chi connectivity index (χ4n) is 2.05. The quantitative estimate of drug-likeness (QED) is 0.861. The minimum atomic E-state index is -0.493. The van der Waals surface area contributed by atoms with Crippen LogP contribution in [-0.2, 0) is 9.59 Å². The molecule has 0 aliphatic carbocycles. The summed E-state index contributed by atoms with van der Waals surface area (Å²) in [5, 5.41) is 3.03. The Morgan fingerprint density at radius 2 is 2.26 bits per heavy atom. The molecule has 0 spiro atoms. The van der Waals surface area contributed by atoms with E-state index in [0.29, 0.717) is 12.4 Å². The first-order chi connectivity index (χ1) is 9.02. The van der Waals surface area contributed by atoms with Crippen molar-refractivity contribution >= 4 is 33.6 Å². The van der Waals surface area contributed by atoms with E-state index < -0.39 is 6.04 Å². The summed E-state index contributed by atoms with van der Waals surface area (Å²) in [7, 11) is 0. The molecule has 1 unspecified atom stereocenters. The number of imide groups is 1. The van der Waals surface area contributed by atoms with Gasteiger partial charge in [-0.25, -0.2) is 4.98 Å². The average molecular weight is 326 g/mol. The van der Waals surface area contributed by atoms with E-state index in [1.165, 1.54) is 4.90 Å². The van der Waals surface area contributed by atoms with Gasteiger partial charge in [0.2, 0.25) is 5.91 Å². The molecular formula is C13H16BrN3O2. The predicted octanol–water partition coefficient (Wildman–Crippen LogP) is 2.10. The molecular weight excluding hydrogens is 310 g/mol. The van der Waals surface area contributed by atoms with Crippen LogP contribution in [0.2, 0.25) is 0 Å². The SMILES string of the molecule is CCCN1C(=O)CC(Nc2cc(C)c(Br)cn2)C1=O. The molecule has 0 bridgehead atoms. The van der Waals surface area contributed by atoms with Crippen molar-refractivity contribution in [1.29, 1.82) is 0 Å². The van der Waals surface area contributed by atoms with Crippen molar-refractivity contribution in [1.82, 2.24) is 9.88 Å². The van der Waals surface area contributed by atoms with Gasteiger partial charge in [0.15, 0.2) is 0 Å². The molecule has 2 amide bonds. The molecule has 5 nitrogen and oxygen atoms in total. The number of carbonyl (C=O) groups excluding carboxylic acids is 2. The topological polar surface area (TPSA) is 62.3 Å². The third kappa shape index (κ3) is 2.94. The average Bonchev–Trinajstić information content (AvgIpc) is 2.62. The maximum Gasteiger partial charge on any atom is 0.252 e. The second kappa shape index (κ2) is 5.69. The molecule has 1 aromatic rings. The second-order valence-electron chi connectivity index (χ2n) is 4.60. The Kier molecular flexibility index (Phi) is 4.19. The lowest BCUT2D eigenvalue weighted by Crippen LogP contribution is -2.35. The fourth-order valence-corrected chi connectivity index (χ4v) is 2.27. The number of pyridine rings is 1. The van der Waals surface area contributed by atoms with Crippen molar-refractivity contribution < 1.29 is 9.59 Å². The number of rotatable bonds is 4. The number of aromatic nitrogens is 1. The normalized spacial score (nSPS) is 19.1. The molecule has 1 N–H and O–H groups in total. The molecule has 2 heterocycles. The standard InChI is InChI=1S/C13H16BrN3O2/c1-3-4-17-12(18)6-10(13(17)19)16-11-5-8(2)9(14)7-15-11/h5,7,10H,3-4,6H2,1-2H3,(H,15,16). The maximum absolute atomic E-state index is 12.1. The predicted molar refractivity (Wildman–Crippen MR) is 75.7 cm³/mol. The number of hydrogen-bond acceptors (Lipinski definition) is 4. The van der Waals surface area contributed by atoms with E-state index in [0.717, 1.165) is 16.5 Å². The van der Waals surface area contributed by atoms with Gasteiger partial charge >= 0.3 is 0 Å². The maximum atomic E-state index is 12.1. The van der Waals surface area contributed by atoms with E-state index in [4.69, 9.17) is 0 Å². The molecule has 0 saturated carbocycles. The van der Waals surface area contributed by atoms with Crippen molar-refractivity contribution in [3.05, 3.63) is 22.3 Å². The van der Waals surface area contributed by atoms with Crippen molar-refractivity contribution in [2.45, 2.75) is 32.7 Å². The minimum Gasteiger partial charge on any atom is -0.358 e. The van der Waals surface area contributed by atoms with Gasteiger partial charge in [0, 0.05) is 17.2 Å². The number of amides is 2. The summed E-state index contributed by atoms with van der Waals surface area (Å²) in [5.74, 6) is 0.345. The molecule has 1 saturated heterocycles. The lowest BCUT2D eigenvalue weighted by atomic mass is 10.2. The third-order valence-corrected chi connectivity index (χ3v) is 3.89. The molecule has 19 heavy (non-hydrogen) atoms. The zero-order valence-corrected chi connectivity index (χ0v) is 12.5. The van der Waals surface area contributed by atoms with Crippen molar-refractivity contribution in [2.75, 3.05) is 11.9 Å². The van der Waals surface area contributed by atoms with Crippen molar-refractivity contribution in [2.24, 2.45) is 0 Å². The number of halogens is 1. The van der Waals surface area contributed by atoms with Gasteiger partial charge in [-0.05, 0) is 40.9 Å². The Morgan fingerprint density at radius 3 is 2.89 bits per heavy atom. The van der Waals surface area contributed by atoms with Gasteiger partial charge in [-0.3, -0.25) is 14.5 Å². The van der Waals surface area contributed by atoms with E-state index in [1.54, 1.807) is 6.20 Å². The highest BCUT2D eigenvalue weighted by atomic mass is 79.9. The number of likely N-dealkylation sites (tertiary alicyclic amines) is 1. The Hall–Kier alpha value is -1.43. The van der Waals surface area contributed by atoms with E-state index in [-0.39, 0.29) is 18.2 Å². The molecule has 1 aliphatic rings. The number of hydrogen-bond donors (Lipinski definition) is 1. The van der Waals surface area contributed by atoms with Gasteiger partial charge in [0.05, 0.1) is 6.42 Å². The summed E-state index contributed by atoms with van der Waals surface area (Å²) in [4.78, 5) is 29.3. The number of carbonyl (C=O) groups is 2. The highest BCUT2D eigenvalue weighted by Crippen LogP contribution is 2.21. The lowest BCUT2D eigenvalue weighted by Gasteiger charge is -2.15. The van der Waals surface area contributed by atoms with Gasteiger partial charge in [-0.15, -0.1) is 0 Å². The van der Waals surface area contributed by atoms with Crippen LogP contribution >= 0.6 is 15.9 Å². The van der Waals surface area contributed by atoms with Crippen LogP contribution in [0, 0.1) is 6.92 Å². The number of anilines is 1. The van der Waals surface area contributed by atoms with Crippen LogP contribution in [0.25, 0.3) is 0 Å². The van der Waals surface area contributed by atoms with E-state index >= 15 is 0 Å². The molecule has 1 fully saturated rings. The molecule has 1 atom stereocenters. The van der Waals surface area contributed by atoms with Crippen LogP contribution < -0.4 is 5.32 Å². The molecule has 0 radical (unpaired) electrons. The fraction of sp³-hybridized carbons (Fsp3) is 0.462. The summed E-state index contributed by atoms with van der Waals surface area (Å²) in [5.41, 5.74) is 1.03. The van der Waals surface area contributed by atoms with E-state index in [2.05, 4.69) is 26.2 Å². The number of aryl methyl sites for hydroxylation is 1. The van der Waals surface area contributed by atoms with Crippen LogP contribution in [0.5, 0.6) is 0 Å². The third-order valence-electron chi connectivity index (χ3n) is 3.06. The first-order valence-electron chi connectivity index (χ1n) is 6.25. The van der Waals surface area contributed by atoms with Gasteiger partial charge in [0.1, 0.15) is 11.9 Å². The van der Waals surface area contributed by atoms with Crippen LogP contribution in [0.3, 0.4) is 0 Å². The van der Waals surface area contributed by atoms with Crippen LogP contribution in [0.15, 0.2) is 16.7 Å². The van der Waals surface area contributed by atoms with Crippen LogP contribution in [0.4, 0.5) is 5.82 Å². The van der Waals surface area contributed by atoms with Crippen molar-refractivity contribution in [3.8, 4) is 0 Å². The summed E-state index contributed by atoms with van der Waals surface area (Å²) < 4.78 is 0.916. The van der Waals surface area contributed by atoms with Gasteiger partial charge in [-0.2, -0.15) is 0 Å². The molecule has 0 aromatic carbocycles. The summed E-state index contributed by atoms with van der Waals surface area (Å²) >= 11 is 3.37. The zero-order chi connectivity index (χ0) is 14.0. The molecule has 1 aliphatic heterocycles. The Bertz CT molecular complexity index is 519. The van der Waals surface area contributed by atoms with Gasteiger partial charge < -0.3 is 5.32 Å². The zero-order valence-electron chi connectivity index (χ0n) is 10.9. The van der Waals surface area contributed by atoms with Gasteiger partial charge in [-0.1, -0.05) is 6.92 Å². The molecule has 2 rings (SSSR count). The smallest absolute Gasteiger partial charge is 0.252 e. The van der Waals surface area contributed by atoms with E-state index in [1.807, 2.05) is 19.9 Å². The summed E-state index contributed by atoms with van der Waals surface area (Å²) in [6.07, 6.45) is 2.66. The highest BCUT2D eigenvalue weighted by molar-refractivity contribution is 9.10. The minimum absolute atomic E-state index is 0.113. The summed E-state index contributed by atoms with van der Waals surface area (Å²) in [6, 6.07) is 1.36.